The summed E-state index contributed by atoms with van der Waals surface area (Å²) in [4.78, 5) is 56.4. The Labute approximate surface area is 189 Å². The summed E-state index contributed by atoms with van der Waals surface area (Å²) in [7, 11) is 0. The predicted octanol–water partition coefficient (Wildman–Crippen LogP) is 3.45. The van der Waals surface area contributed by atoms with Gasteiger partial charge in [-0.3, -0.25) is 4.79 Å². The Morgan fingerprint density at radius 3 is 2.28 bits per heavy atom. The van der Waals surface area contributed by atoms with Crippen molar-refractivity contribution in [2.45, 2.75) is 13.8 Å². The molecular formula is C23H20O8S. The molecule has 0 aliphatic carbocycles. The van der Waals surface area contributed by atoms with Gasteiger partial charge in [-0.25, -0.2) is 19.2 Å². The second-order valence-electron chi connectivity index (χ2n) is 6.52. The Morgan fingerprint density at radius 2 is 1.66 bits per heavy atom. The average molecular weight is 456 g/mol. The van der Waals surface area contributed by atoms with Crippen molar-refractivity contribution in [2.75, 3.05) is 12.4 Å². The first-order valence-electron chi connectivity index (χ1n) is 9.32. The molecule has 0 aromatic heterocycles. The molecule has 8 nitrogen and oxygen atoms in total. The molecule has 0 unspecified atom stereocenters. The van der Waals surface area contributed by atoms with Gasteiger partial charge in [-0.2, -0.15) is 12.6 Å². The van der Waals surface area contributed by atoms with E-state index in [4.69, 9.17) is 9.47 Å². The lowest BCUT2D eigenvalue weighted by molar-refractivity contribution is -0.130. The largest absolute Gasteiger partial charge is 0.461 e. The highest BCUT2D eigenvalue weighted by Gasteiger charge is 2.30. The van der Waals surface area contributed by atoms with Crippen molar-refractivity contribution in [3.63, 3.8) is 0 Å². The third-order valence-corrected chi connectivity index (χ3v) is 4.20. The lowest BCUT2D eigenvalue weighted by atomic mass is 10.1. The molecule has 9 heteroatoms. The monoisotopic (exact) mass is 456 g/mol. The van der Waals surface area contributed by atoms with Gasteiger partial charge < -0.3 is 14.2 Å². The van der Waals surface area contributed by atoms with Gasteiger partial charge in [0.15, 0.2) is 5.78 Å². The van der Waals surface area contributed by atoms with Crippen molar-refractivity contribution >= 4 is 42.3 Å². The standard InChI is InChI=1S/C12H12O3.C11H8O5S/c1-8(2)12(14)15-11-7-5-4-6-10(11)9(3)13;12-9(15-3-4-17)6-1-2-7-8(5-6)11(14)16-10(7)13/h4-7H,1H2,2-3H3;1-2,5,17H,3-4H2. The van der Waals surface area contributed by atoms with E-state index in [0.29, 0.717) is 16.9 Å². The molecule has 0 saturated carbocycles. The van der Waals surface area contributed by atoms with Crippen molar-refractivity contribution < 1.29 is 38.2 Å². The number of thiol groups is 1. The number of fused-ring (bicyclic) bond motifs is 1. The van der Waals surface area contributed by atoms with Crippen LogP contribution in [0.1, 0.15) is 55.3 Å². The lowest BCUT2D eigenvalue weighted by Gasteiger charge is -2.06. The van der Waals surface area contributed by atoms with E-state index in [1.54, 1.807) is 31.2 Å². The number of carbonyl (C=O) groups excluding carboxylic acids is 5. The predicted molar refractivity (Wildman–Crippen MR) is 117 cm³/mol. The number of para-hydroxylation sites is 1. The molecule has 2 aromatic rings. The summed E-state index contributed by atoms with van der Waals surface area (Å²) in [6.07, 6.45) is 0. The van der Waals surface area contributed by atoms with E-state index in [0.717, 1.165) is 0 Å². The van der Waals surface area contributed by atoms with Crippen LogP contribution in [0.15, 0.2) is 54.6 Å². The van der Waals surface area contributed by atoms with Crippen LogP contribution in [0.4, 0.5) is 0 Å². The van der Waals surface area contributed by atoms with Gasteiger partial charge in [0.25, 0.3) is 0 Å². The molecule has 0 fully saturated rings. The summed E-state index contributed by atoms with van der Waals surface area (Å²) < 4.78 is 14.3. The Hall–Kier alpha value is -3.72. The van der Waals surface area contributed by atoms with Crippen LogP contribution >= 0.6 is 12.6 Å². The van der Waals surface area contributed by atoms with E-state index in [9.17, 15) is 24.0 Å². The number of rotatable bonds is 6. The first kappa shape index (κ1) is 24.5. The van der Waals surface area contributed by atoms with Crippen molar-refractivity contribution in [3.05, 3.63) is 76.9 Å². The van der Waals surface area contributed by atoms with E-state index >= 15 is 0 Å². The molecule has 0 atom stereocenters. The molecule has 0 radical (unpaired) electrons. The minimum atomic E-state index is -0.742. The fourth-order valence-electron chi connectivity index (χ4n) is 2.47. The van der Waals surface area contributed by atoms with Crippen LogP contribution in [-0.4, -0.2) is 42.0 Å². The van der Waals surface area contributed by atoms with Gasteiger partial charge in [-0.05, 0) is 44.2 Å². The summed E-state index contributed by atoms with van der Waals surface area (Å²) in [5, 5.41) is 0. The van der Waals surface area contributed by atoms with Crippen LogP contribution < -0.4 is 4.74 Å². The quantitative estimate of drug-likeness (QED) is 0.176. The fraction of sp³-hybridized carbons (Fsp3) is 0.174. The van der Waals surface area contributed by atoms with Crippen LogP contribution in [0.5, 0.6) is 5.75 Å². The fourth-order valence-corrected chi connectivity index (χ4v) is 2.56. The summed E-state index contributed by atoms with van der Waals surface area (Å²) >= 11 is 3.90. The molecule has 0 amide bonds. The smallest absolute Gasteiger partial charge is 0.346 e. The van der Waals surface area contributed by atoms with Crippen molar-refractivity contribution in [1.29, 1.82) is 0 Å². The zero-order valence-corrected chi connectivity index (χ0v) is 18.3. The van der Waals surface area contributed by atoms with E-state index in [2.05, 4.69) is 23.9 Å². The van der Waals surface area contributed by atoms with E-state index in [1.165, 1.54) is 25.1 Å². The summed E-state index contributed by atoms with van der Waals surface area (Å²) in [5.41, 5.74) is 1.16. The van der Waals surface area contributed by atoms with Crippen molar-refractivity contribution in [2.24, 2.45) is 0 Å². The maximum absolute atomic E-state index is 11.5. The number of benzene rings is 2. The minimum Gasteiger partial charge on any atom is -0.461 e. The van der Waals surface area contributed by atoms with E-state index in [-0.39, 0.29) is 34.8 Å². The highest BCUT2D eigenvalue weighted by molar-refractivity contribution is 7.80. The molecule has 1 aliphatic rings. The number of ether oxygens (including phenoxy) is 3. The molecule has 32 heavy (non-hydrogen) atoms. The maximum Gasteiger partial charge on any atom is 0.346 e. The molecule has 0 saturated heterocycles. The zero-order chi connectivity index (χ0) is 23.8. The molecule has 0 N–H and O–H groups in total. The number of Topliss-reactive ketones (excluding diaryl/α,β-unsaturated/α-hetero) is 1. The van der Waals surface area contributed by atoms with Gasteiger partial charge in [-0.15, -0.1) is 0 Å². The number of carbonyl (C=O) groups is 5. The summed E-state index contributed by atoms with van der Waals surface area (Å²) in [5.74, 6) is -1.97. The number of hydrogen-bond acceptors (Lipinski definition) is 9. The Morgan fingerprint density at radius 1 is 1.00 bits per heavy atom. The first-order chi connectivity index (χ1) is 15.1. The SMILES string of the molecule is C=C(C)C(=O)Oc1ccccc1C(C)=O.O=C(OCCS)c1ccc2c(c1)C(=O)OC2=O. The molecule has 0 spiro atoms. The third-order valence-electron chi connectivity index (χ3n) is 4.02. The summed E-state index contributed by atoms with van der Waals surface area (Å²) in [6, 6.07) is 10.7. The molecule has 1 aliphatic heterocycles. The lowest BCUT2D eigenvalue weighted by Crippen LogP contribution is -2.10. The van der Waals surface area contributed by atoms with Crippen LogP contribution in [0, 0.1) is 0 Å². The molecule has 0 bridgehead atoms. The second-order valence-corrected chi connectivity index (χ2v) is 6.97. The van der Waals surface area contributed by atoms with Gasteiger partial charge in [0.1, 0.15) is 12.4 Å². The third kappa shape index (κ3) is 6.14. The van der Waals surface area contributed by atoms with Gasteiger partial charge in [-0.1, -0.05) is 18.7 Å². The van der Waals surface area contributed by atoms with Crippen LogP contribution in [0.2, 0.25) is 0 Å². The topological polar surface area (TPSA) is 113 Å². The number of ketones is 1. The number of hydrogen-bond donors (Lipinski definition) is 1. The maximum atomic E-state index is 11.5. The highest BCUT2D eigenvalue weighted by Crippen LogP contribution is 2.21. The normalized spacial score (nSPS) is 11.5. The second kappa shape index (κ2) is 11.1. The molecule has 1 heterocycles. The Balaban J connectivity index is 0.000000229. The van der Waals surface area contributed by atoms with Gasteiger partial charge >= 0.3 is 23.9 Å². The van der Waals surface area contributed by atoms with Gasteiger partial charge in [0.05, 0.1) is 22.3 Å². The number of cyclic esters (lactones) is 2. The van der Waals surface area contributed by atoms with Crippen molar-refractivity contribution in [3.8, 4) is 5.75 Å². The average Bonchev–Trinajstić information content (AvgIpc) is 3.05. The van der Waals surface area contributed by atoms with E-state index < -0.39 is 23.9 Å². The Kier molecular flexibility index (Phi) is 8.48. The molecular weight excluding hydrogens is 436 g/mol. The van der Waals surface area contributed by atoms with Crippen LogP contribution in [0.25, 0.3) is 0 Å². The molecule has 166 valence electrons. The zero-order valence-electron chi connectivity index (χ0n) is 17.4. The first-order valence-corrected chi connectivity index (χ1v) is 9.95. The Bertz CT molecular complexity index is 1100. The van der Waals surface area contributed by atoms with Gasteiger partial charge in [0.2, 0.25) is 0 Å². The van der Waals surface area contributed by atoms with Gasteiger partial charge in [0, 0.05) is 11.3 Å². The highest BCUT2D eigenvalue weighted by atomic mass is 32.1. The van der Waals surface area contributed by atoms with Crippen LogP contribution in [-0.2, 0) is 14.3 Å². The molecule has 3 rings (SSSR count). The van der Waals surface area contributed by atoms with Crippen LogP contribution in [0.3, 0.4) is 0 Å². The minimum absolute atomic E-state index is 0.0929. The van der Waals surface area contributed by atoms with E-state index in [1.807, 2.05) is 0 Å². The number of esters is 4. The summed E-state index contributed by atoms with van der Waals surface area (Å²) in [6.45, 7) is 6.63. The molecule has 2 aromatic carbocycles. The van der Waals surface area contributed by atoms with Crippen molar-refractivity contribution in [1.82, 2.24) is 0 Å².